The van der Waals surface area contributed by atoms with Crippen molar-refractivity contribution in [1.29, 1.82) is 0 Å². The first-order valence-corrected chi connectivity index (χ1v) is 5.52. The quantitative estimate of drug-likeness (QED) is 0.427. The Morgan fingerprint density at radius 1 is 1.19 bits per heavy atom. The summed E-state index contributed by atoms with van der Waals surface area (Å²) in [6, 6.07) is 9.76. The summed E-state index contributed by atoms with van der Waals surface area (Å²) in [4.78, 5) is 11.3. The molecule has 84 valence electrons. The smallest absolute Gasteiger partial charge is 0.306 e. The van der Waals surface area contributed by atoms with E-state index >= 15 is 0 Å². The number of hydrogen-bond acceptors (Lipinski definition) is 2. The van der Waals surface area contributed by atoms with Crippen molar-refractivity contribution < 1.29 is 9.53 Å². The number of unbranched alkanes of at least 4 members (excludes halogenated alkanes) is 2. The fourth-order valence-electron chi connectivity index (χ4n) is 1.33. The Labute approximate surface area is 114 Å². The third kappa shape index (κ3) is 6.85. The van der Waals surface area contributed by atoms with Crippen LogP contribution in [0, 0.1) is 0 Å². The molecule has 0 fully saturated rings. The van der Waals surface area contributed by atoms with E-state index in [1.54, 1.807) is 0 Å². The number of ether oxygens (including phenoxy) is 1. The lowest BCUT2D eigenvalue weighted by Gasteiger charge is -2.04. The summed E-state index contributed by atoms with van der Waals surface area (Å²) in [5, 5.41) is 0. The monoisotopic (exact) mass is 230 g/mol. The fraction of sp³-hybridized carbons (Fsp3) is 0.462. The third-order valence-corrected chi connectivity index (χ3v) is 2.23. The first kappa shape index (κ1) is 15.5. The second kappa shape index (κ2) is 9.67. The van der Waals surface area contributed by atoms with Crippen molar-refractivity contribution in [2.24, 2.45) is 0 Å². The van der Waals surface area contributed by atoms with Gasteiger partial charge in [0.15, 0.2) is 0 Å². The van der Waals surface area contributed by atoms with Gasteiger partial charge in [-0.1, -0.05) is 50.1 Å². The van der Waals surface area contributed by atoms with Gasteiger partial charge in [0.25, 0.3) is 0 Å². The second-order valence-corrected chi connectivity index (χ2v) is 3.60. The molecule has 0 bridgehead atoms. The lowest BCUT2D eigenvalue weighted by atomic mass is 10.2. The van der Waals surface area contributed by atoms with Crippen LogP contribution in [-0.4, -0.2) is 29.0 Å². The van der Waals surface area contributed by atoms with Crippen molar-refractivity contribution in [3.63, 3.8) is 0 Å². The molecule has 3 heteroatoms. The molecule has 0 spiro atoms. The van der Waals surface area contributed by atoms with Crippen LogP contribution >= 0.6 is 0 Å². The van der Waals surface area contributed by atoms with E-state index in [9.17, 15) is 4.79 Å². The van der Waals surface area contributed by atoms with Gasteiger partial charge < -0.3 is 4.74 Å². The number of benzene rings is 1. The Morgan fingerprint density at radius 2 is 1.88 bits per heavy atom. The number of hydrogen-bond donors (Lipinski definition) is 0. The molecule has 0 N–H and O–H groups in total. The number of esters is 1. The molecular weight excluding hydrogens is 212 g/mol. The molecule has 0 aliphatic heterocycles. The van der Waals surface area contributed by atoms with Crippen molar-refractivity contribution in [2.75, 3.05) is 0 Å². The van der Waals surface area contributed by atoms with Gasteiger partial charge in [-0.25, -0.2) is 0 Å². The van der Waals surface area contributed by atoms with E-state index in [0.717, 1.165) is 24.8 Å². The van der Waals surface area contributed by atoms with Crippen molar-refractivity contribution in [3.05, 3.63) is 35.9 Å². The van der Waals surface area contributed by atoms with Gasteiger partial charge in [-0.3, -0.25) is 4.79 Å². The van der Waals surface area contributed by atoms with Crippen molar-refractivity contribution >= 4 is 29.0 Å². The van der Waals surface area contributed by atoms with Gasteiger partial charge in [-0.15, -0.1) is 0 Å². The Bertz CT molecular complexity index is 285. The SMILES string of the molecule is CCCCCC(=O)OCc1ccccc1.[Mg]. The predicted octanol–water partition coefficient (Wildman–Crippen LogP) is 2.93. The summed E-state index contributed by atoms with van der Waals surface area (Å²) in [6.07, 6.45) is 3.71. The van der Waals surface area contributed by atoms with Gasteiger partial charge in [-0.05, 0) is 12.0 Å². The lowest BCUT2D eigenvalue weighted by molar-refractivity contribution is -0.145. The molecule has 0 amide bonds. The van der Waals surface area contributed by atoms with Crippen LogP contribution in [-0.2, 0) is 16.1 Å². The zero-order chi connectivity index (χ0) is 10.9. The highest BCUT2D eigenvalue weighted by Gasteiger charge is 2.02. The molecule has 0 aliphatic carbocycles. The highest BCUT2D eigenvalue weighted by atomic mass is 24.3. The van der Waals surface area contributed by atoms with Gasteiger partial charge in [0.2, 0.25) is 0 Å². The molecule has 1 aromatic rings. The summed E-state index contributed by atoms with van der Waals surface area (Å²) in [6.45, 7) is 2.51. The Balaban J connectivity index is 0.00000225. The van der Waals surface area contributed by atoms with Crippen molar-refractivity contribution in [1.82, 2.24) is 0 Å². The number of rotatable bonds is 6. The van der Waals surface area contributed by atoms with Gasteiger partial charge in [0.05, 0.1) is 0 Å². The third-order valence-electron chi connectivity index (χ3n) is 2.23. The van der Waals surface area contributed by atoms with Crippen molar-refractivity contribution in [3.8, 4) is 0 Å². The van der Waals surface area contributed by atoms with Crippen LogP contribution in [0.2, 0.25) is 0 Å². The number of carbonyl (C=O) groups excluding carboxylic acids is 1. The minimum Gasteiger partial charge on any atom is -0.461 e. The topological polar surface area (TPSA) is 26.3 Å². The van der Waals surface area contributed by atoms with Gasteiger partial charge in [0.1, 0.15) is 6.61 Å². The van der Waals surface area contributed by atoms with E-state index in [-0.39, 0.29) is 29.0 Å². The summed E-state index contributed by atoms with van der Waals surface area (Å²) in [7, 11) is 0. The molecule has 0 aromatic heterocycles. The molecular formula is C13H18MgO2. The Hall–Kier alpha value is -0.544. The molecule has 0 saturated carbocycles. The molecule has 2 nitrogen and oxygen atoms in total. The Kier molecular flexibility index (Phi) is 9.34. The molecule has 0 saturated heterocycles. The van der Waals surface area contributed by atoms with Gasteiger partial charge >= 0.3 is 5.97 Å². The maximum Gasteiger partial charge on any atom is 0.306 e. The van der Waals surface area contributed by atoms with E-state index in [0.29, 0.717) is 13.0 Å². The van der Waals surface area contributed by atoms with E-state index in [4.69, 9.17) is 4.74 Å². The minimum absolute atomic E-state index is 0. The maximum absolute atomic E-state index is 11.3. The van der Waals surface area contributed by atoms with E-state index in [1.165, 1.54) is 0 Å². The highest BCUT2D eigenvalue weighted by Crippen LogP contribution is 2.04. The van der Waals surface area contributed by atoms with Crippen LogP contribution in [0.4, 0.5) is 0 Å². The summed E-state index contributed by atoms with van der Waals surface area (Å²) < 4.78 is 5.14. The fourth-order valence-corrected chi connectivity index (χ4v) is 1.33. The molecule has 16 heavy (non-hydrogen) atoms. The largest absolute Gasteiger partial charge is 0.461 e. The van der Waals surface area contributed by atoms with Crippen LogP contribution in [0.3, 0.4) is 0 Å². The zero-order valence-electron chi connectivity index (χ0n) is 9.95. The van der Waals surface area contributed by atoms with E-state index in [1.807, 2.05) is 30.3 Å². The molecule has 2 radical (unpaired) electrons. The highest BCUT2D eigenvalue weighted by molar-refractivity contribution is 5.75. The van der Waals surface area contributed by atoms with Crippen LogP contribution in [0.1, 0.15) is 38.2 Å². The molecule has 0 unspecified atom stereocenters. The molecule has 1 rings (SSSR count). The van der Waals surface area contributed by atoms with E-state index < -0.39 is 0 Å². The maximum atomic E-state index is 11.3. The van der Waals surface area contributed by atoms with Crippen molar-refractivity contribution in [2.45, 2.75) is 39.2 Å². The normalized spacial score (nSPS) is 9.31. The summed E-state index contributed by atoms with van der Waals surface area (Å²) >= 11 is 0. The molecule has 0 aliphatic rings. The molecule has 1 aromatic carbocycles. The summed E-state index contributed by atoms with van der Waals surface area (Å²) in [5.74, 6) is -0.0905. The molecule has 0 heterocycles. The lowest BCUT2D eigenvalue weighted by Crippen LogP contribution is -2.04. The average molecular weight is 231 g/mol. The minimum atomic E-state index is -0.0905. The standard InChI is InChI=1S/C13H18O2.Mg/c1-2-3-5-10-13(14)15-11-12-8-6-4-7-9-12;/h4,6-9H,2-3,5,10-11H2,1H3;. The predicted molar refractivity (Wildman–Crippen MR) is 66.1 cm³/mol. The van der Waals surface area contributed by atoms with Gasteiger partial charge in [0, 0.05) is 29.5 Å². The van der Waals surface area contributed by atoms with Crippen LogP contribution in [0.15, 0.2) is 30.3 Å². The molecule has 0 atom stereocenters. The number of carbonyl (C=O) groups is 1. The van der Waals surface area contributed by atoms with Crippen LogP contribution in [0.25, 0.3) is 0 Å². The Morgan fingerprint density at radius 3 is 2.50 bits per heavy atom. The van der Waals surface area contributed by atoms with Gasteiger partial charge in [-0.2, -0.15) is 0 Å². The zero-order valence-corrected chi connectivity index (χ0v) is 11.4. The summed E-state index contributed by atoms with van der Waals surface area (Å²) in [5.41, 5.74) is 1.04. The van der Waals surface area contributed by atoms with E-state index in [2.05, 4.69) is 6.92 Å². The first-order valence-electron chi connectivity index (χ1n) is 5.52. The van der Waals surface area contributed by atoms with Crippen LogP contribution in [0.5, 0.6) is 0 Å². The first-order chi connectivity index (χ1) is 7.33. The average Bonchev–Trinajstić information content (AvgIpc) is 2.28. The second-order valence-electron chi connectivity index (χ2n) is 3.60. The van der Waals surface area contributed by atoms with Crippen LogP contribution < -0.4 is 0 Å².